The van der Waals surface area contributed by atoms with Gasteiger partial charge in [-0.2, -0.15) is 16.7 Å². The van der Waals surface area contributed by atoms with Gasteiger partial charge in [-0.15, -0.1) is 0 Å². The van der Waals surface area contributed by atoms with Crippen LogP contribution in [0, 0.1) is 0 Å². The Balaban J connectivity index is 1.67. The molecule has 6 nitrogen and oxygen atoms in total. The highest BCUT2D eigenvalue weighted by atomic mass is 32.2. The van der Waals surface area contributed by atoms with Crippen LogP contribution in [0.1, 0.15) is 12.3 Å². The number of aromatic nitrogens is 3. The first-order valence-electron chi connectivity index (χ1n) is 6.87. The molecule has 1 saturated heterocycles. The summed E-state index contributed by atoms with van der Waals surface area (Å²) in [6, 6.07) is 4.26. The van der Waals surface area contributed by atoms with E-state index in [0.29, 0.717) is 30.2 Å². The summed E-state index contributed by atoms with van der Waals surface area (Å²) in [7, 11) is 3.70. The summed E-state index contributed by atoms with van der Waals surface area (Å²) in [5.41, 5.74) is 0.824. The molecule has 1 aliphatic rings. The molecule has 1 atom stereocenters. The van der Waals surface area contributed by atoms with E-state index in [2.05, 4.69) is 27.1 Å². The van der Waals surface area contributed by atoms with Crippen molar-refractivity contribution in [2.45, 2.75) is 19.0 Å². The smallest absolute Gasteiger partial charge is 0.241 e. The normalized spacial score (nSPS) is 18.3. The summed E-state index contributed by atoms with van der Waals surface area (Å²) >= 11 is 2.00. The molecule has 0 spiro atoms. The van der Waals surface area contributed by atoms with Crippen molar-refractivity contribution >= 4 is 11.8 Å². The van der Waals surface area contributed by atoms with Gasteiger partial charge in [-0.1, -0.05) is 5.16 Å². The number of ether oxygens (including phenoxy) is 1. The summed E-state index contributed by atoms with van der Waals surface area (Å²) in [6.45, 7) is 0.682. The number of hydrogen-bond donors (Lipinski definition) is 0. The van der Waals surface area contributed by atoms with E-state index in [4.69, 9.17) is 9.26 Å². The Bertz CT molecular complexity index is 581. The van der Waals surface area contributed by atoms with Gasteiger partial charge in [0.05, 0.1) is 13.7 Å². The second-order valence-corrected chi connectivity index (χ2v) is 6.18. The summed E-state index contributed by atoms with van der Waals surface area (Å²) in [4.78, 5) is 10.9. The largest absolute Gasteiger partial charge is 0.481 e. The third-order valence-corrected chi connectivity index (χ3v) is 4.73. The highest BCUT2D eigenvalue weighted by molar-refractivity contribution is 7.99. The van der Waals surface area contributed by atoms with Crippen LogP contribution in [-0.2, 0) is 6.54 Å². The molecule has 0 aromatic carbocycles. The lowest BCUT2D eigenvalue weighted by Crippen LogP contribution is -2.30. The van der Waals surface area contributed by atoms with E-state index >= 15 is 0 Å². The van der Waals surface area contributed by atoms with Gasteiger partial charge in [-0.25, -0.2) is 4.98 Å². The maximum atomic E-state index is 5.34. The Morgan fingerprint density at radius 1 is 1.48 bits per heavy atom. The Morgan fingerprint density at radius 3 is 3.05 bits per heavy atom. The first-order chi connectivity index (χ1) is 10.3. The molecule has 2 aromatic rings. The van der Waals surface area contributed by atoms with E-state index in [1.54, 1.807) is 19.4 Å². The molecule has 0 N–H and O–H groups in total. The lowest BCUT2D eigenvalue weighted by Gasteiger charge is -2.21. The number of pyridine rings is 1. The van der Waals surface area contributed by atoms with Crippen molar-refractivity contribution in [3.63, 3.8) is 0 Å². The van der Waals surface area contributed by atoms with Gasteiger partial charge in [-0.05, 0) is 25.3 Å². The number of hydrogen-bond acceptors (Lipinski definition) is 7. The van der Waals surface area contributed by atoms with Gasteiger partial charge < -0.3 is 9.26 Å². The zero-order valence-electron chi connectivity index (χ0n) is 12.2. The van der Waals surface area contributed by atoms with Crippen LogP contribution >= 0.6 is 11.8 Å². The molecule has 0 aliphatic carbocycles. The molecule has 0 bridgehead atoms. The highest BCUT2D eigenvalue weighted by Crippen LogP contribution is 2.23. The van der Waals surface area contributed by atoms with Crippen molar-refractivity contribution in [1.29, 1.82) is 0 Å². The predicted octanol–water partition coefficient (Wildman–Crippen LogP) is 2.08. The average molecular weight is 306 g/mol. The Hall–Kier alpha value is -1.60. The quantitative estimate of drug-likeness (QED) is 0.838. The fraction of sp³-hybridized carbons (Fsp3) is 0.500. The third-order valence-electron chi connectivity index (χ3n) is 3.59. The van der Waals surface area contributed by atoms with Crippen LogP contribution < -0.4 is 4.74 Å². The van der Waals surface area contributed by atoms with Crippen molar-refractivity contribution in [2.24, 2.45) is 0 Å². The van der Waals surface area contributed by atoms with Gasteiger partial charge in [-0.3, -0.25) is 4.90 Å². The lowest BCUT2D eigenvalue weighted by molar-refractivity contribution is 0.218. The molecule has 0 unspecified atom stereocenters. The van der Waals surface area contributed by atoms with Crippen LogP contribution in [0.3, 0.4) is 0 Å². The molecule has 0 amide bonds. The maximum absolute atomic E-state index is 5.34. The van der Waals surface area contributed by atoms with Crippen LogP contribution in [0.5, 0.6) is 5.88 Å². The van der Waals surface area contributed by atoms with Gasteiger partial charge in [0.2, 0.25) is 17.6 Å². The SMILES string of the molecule is COc1ccc(-c2noc(CN(C)[C@H]3CCSC3)n2)cn1. The molecule has 21 heavy (non-hydrogen) atoms. The summed E-state index contributed by atoms with van der Waals surface area (Å²) in [5.74, 6) is 4.19. The van der Waals surface area contributed by atoms with Crippen LogP contribution in [0.15, 0.2) is 22.9 Å². The molecular formula is C14H18N4O2S. The molecule has 0 radical (unpaired) electrons. The van der Waals surface area contributed by atoms with E-state index in [-0.39, 0.29) is 0 Å². The molecule has 3 rings (SSSR count). The summed E-state index contributed by atoms with van der Waals surface area (Å²) < 4.78 is 10.4. The Labute approximate surface area is 127 Å². The lowest BCUT2D eigenvalue weighted by atomic mass is 10.2. The third kappa shape index (κ3) is 3.36. The van der Waals surface area contributed by atoms with Crippen molar-refractivity contribution in [2.75, 3.05) is 25.7 Å². The van der Waals surface area contributed by atoms with Gasteiger partial charge in [0.1, 0.15) is 0 Å². The van der Waals surface area contributed by atoms with Gasteiger partial charge >= 0.3 is 0 Å². The molecule has 0 saturated carbocycles. The summed E-state index contributed by atoms with van der Waals surface area (Å²) in [6.07, 6.45) is 2.91. The van der Waals surface area contributed by atoms with Crippen molar-refractivity contribution in [3.8, 4) is 17.3 Å². The number of methoxy groups -OCH3 is 1. The fourth-order valence-electron chi connectivity index (χ4n) is 2.28. The summed E-state index contributed by atoms with van der Waals surface area (Å²) in [5, 5.41) is 4.02. The second-order valence-electron chi connectivity index (χ2n) is 5.03. The molecule has 1 fully saturated rings. The van der Waals surface area contributed by atoms with Crippen LogP contribution in [0.25, 0.3) is 11.4 Å². The van der Waals surface area contributed by atoms with E-state index in [1.165, 1.54) is 17.9 Å². The molecule has 3 heterocycles. The molecule has 112 valence electrons. The monoisotopic (exact) mass is 306 g/mol. The van der Waals surface area contributed by atoms with E-state index in [9.17, 15) is 0 Å². The Morgan fingerprint density at radius 2 is 2.38 bits per heavy atom. The Kier molecular flexibility index (Phi) is 4.40. The van der Waals surface area contributed by atoms with Crippen LogP contribution in [0.2, 0.25) is 0 Å². The van der Waals surface area contributed by atoms with Crippen molar-refractivity contribution in [3.05, 3.63) is 24.2 Å². The zero-order valence-corrected chi connectivity index (χ0v) is 13.0. The first-order valence-corrected chi connectivity index (χ1v) is 8.02. The molecular weight excluding hydrogens is 288 g/mol. The van der Waals surface area contributed by atoms with E-state index < -0.39 is 0 Å². The van der Waals surface area contributed by atoms with Gasteiger partial charge in [0.15, 0.2) is 0 Å². The van der Waals surface area contributed by atoms with Gasteiger partial charge in [0.25, 0.3) is 0 Å². The van der Waals surface area contributed by atoms with Crippen molar-refractivity contribution < 1.29 is 9.26 Å². The van der Waals surface area contributed by atoms with Crippen LogP contribution in [-0.4, -0.2) is 51.7 Å². The number of thioether (sulfide) groups is 1. The van der Waals surface area contributed by atoms with E-state index in [0.717, 1.165) is 5.56 Å². The standard InChI is InChI=1S/C14H18N4O2S/c1-18(11-5-6-21-9-11)8-13-16-14(17-20-13)10-3-4-12(19-2)15-7-10/h3-4,7,11H,5-6,8-9H2,1-2H3/t11-/m0/s1. The first kappa shape index (κ1) is 14.3. The predicted molar refractivity (Wildman–Crippen MR) is 81.3 cm³/mol. The van der Waals surface area contributed by atoms with E-state index in [1.807, 2.05) is 17.8 Å². The number of rotatable bonds is 5. The topological polar surface area (TPSA) is 64.3 Å². The van der Waals surface area contributed by atoms with Crippen LogP contribution in [0.4, 0.5) is 0 Å². The number of nitrogens with zero attached hydrogens (tertiary/aromatic N) is 4. The average Bonchev–Trinajstić information content (AvgIpc) is 3.19. The molecule has 2 aromatic heterocycles. The zero-order chi connectivity index (χ0) is 14.7. The fourth-order valence-corrected chi connectivity index (χ4v) is 3.58. The minimum Gasteiger partial charge on any atom is -0.481 e. The molecule has 7 heteroatoms. The second kappa shape index (κ2) is 6.44. The maximum Gasteiger partial charge on any atom is 0.241 e. The minimum absolute atomic E-state index is 0.564. The van der Waals surface area contributed by atoms with Crippen molar-refractivity contribution in [1.82, 2.24) is 20.0 Å². The van der Waals surface area contributed by atoms with Gasteiger partial charge in [0, 0.05) is 29.6 Å². The highest BCUT2D eigenvalue weighted by Gasteiger charge is 2.21. The minimum atomic E-state index is 0.564. The molecule has 1 aliphatic heterocycles.